The second kappa shape index (κ2) is 8.19. The number of aromatic amines is 1. The predicted octanol–water partition coefficient (Wildman–Crippen LogP) is 2.43. The summed E-state index contributed by atoms with van der Waals surface area (Å²) in [5.41, 5.74) is -1.89. The summed E-state index contributed by atoms with van der Waals surface area (Å²) in [5, 5.41) is 13.5. The number of aromatic nitrogens is 2. The molecule has 0 unspecified atom stereocenters. The molecular formula is C18H11F5N4O3. The van der Waals surface area contributed by atoms with Gasteiger partial charge in [-0.25, -0.2) is 26.7 Å². The summed E-state index contributed by atoms with van der Waals surface area (Å²) in [4.78, 5) is 25.8. The summed E-state index contributed by atoms with van der Waals surface area (Å²) in [7, 11) is 0. The Kier molecular flexibility index (Phi) is 5.67. The van der Waals surface area contributed by atoms with E-state index in [9.17, 15) is 36.6 Å². The number of rotatable bonds is 5. The molecule has 0 aliphatic heterocycles. The van der Waals surface area contributed by atoms with Crippen LogP contribution in [0.3, 0.4) is 0 Å². The van der Waals surface area contributed by atoms with Crippen LogP contribution in [0.2, 0.25) is 0 Å². The van der Waals surface area contributed by atoms with E-state index < -0.39 is 57.5 Å². The van der Waals surface area contributed by atoms with Crippen molar-refractivity contribution < 1.29 is 27.1 Å². The summed E-state index contributed by atoms with van der Waals surface area (Å²) >= 11 is 0. The average Bonchev–Trinajstić information content (AvgIpc) is 2.73. The standard InChI is InChI=1S/C18H11F5N4O3/c19-10-11(20)13(22)15(14(23)12(10)21)26-24-6-9-16(28)25-18(30)27(17(9)29)7-8-4-2-1-3-5-8/h1-6,26,29H,7H2,(H,25,28,30). The van der Waals surface area contributed by atoms with Gasteiger partial charge in [-0.05, 0) is 5.56 Å². The van der Waals surface area contributed by atoms with E-state index in [-0.39, 0.29) is 6.54 Å². The maximum atomic E-state index is 13.6. The van der Waals surface area contributed by atoms with Crippen molar-refractivity contribution in [1.29, 1.82) is 0 Å². The normalized spacial score (nSPS) is 11.2. The molecule has 156 valence electrons. The molecule has 3 rings (SSSR count). The van der Waals surface area contributed by atoms with E-state index in [2.05, 4.69) is 5.10 Å². The lowest BCUT2D eigenvalue weighted by molar-refractivity contribution is 0.381. The molecule has 0 fully saturated rings. The van der Waals surface area contributed by atoms with E-state index in [1.165, 1.54) is 0 Å². The predicted molar refractivity (Wildman–Crippen MR) is 96.0 cm³/mol. The molecule has 0 saturated carbocycles. The molecule has 0 bridgehead atoms. The molecule has 0 aliphatic rings. The summed E-state index contributed by atoms with van der Waals surface area (Å²) in [6, 6.07) is 8.38. The molecule has 12 heteroatoms. The summed E-state index contributed by atoms with van der Waals surface area (Å²) in [6.45, 7) is -0.131. The van der Waals surface area contributed by atoms with Crippen molar-refractivity contribution in [3.05, 3.63) is 91.4 Å². The van der Waals surface area contributed by atoms with E-state index in [1.807, 2.05) is 4.98 Å². The van der Waals surface area contributed by atoms with Gasteiger partial charge >= 0.3 is 5.69 Å². The smallest absolute Gasteiger partial charge is 0.331 e. The fourth-order valence-corrected chi connectivity index (χ4v) is 2.47. The first-order chi connectivity index (χ1) is 14.2. The Hall–Kier alpha value is -3.96. The van der Waals surface area contributed by atoms with Crippen molar-refractivity contribution in [2.24, 2.45) is 5.10 Å². The Morgan fingerprint density at radius 1 is 0.967 bits per heavy atom. The van der Waals surface area contributed by atoms with Gasteiger partial charge < -0.3 is 5.11 Å². The SMILES string of the molecule is O=c1[nH]c(=O)n(Cc2ccccc2)c(O)c1C=NNc1c(F)c(F)c(F)c(F)c1F. The first-order valence-electron chi connectivity index (χ1n) is 8.12. The molecule has 3 aromatic rings. The second-order valence-corrected chi connectivity index (χ2v) is 5.88. The number of aromatic hydroxyl groups is 1. The topological polar surface area (TPSA) is 99.5 Å². The van der Waals surface area contributed by atoms with Gasteiger partial charge in [-0.2, -0.15) is 5.10 Å². The Balaban J connectivity index is 1.96. The van der Waals surface area contributed by atoms with Crippen LogP contribution in [-0.4, -0.2) is 20.9 Å². The molecule has 2 aromatic carbocycles. The minimum Gasteiger partial charge on any atom is -0.494 e. The van der Waals surface area contributed by atoms with Crippen molar-refractivity contribution in [2.45, 2.75) is 6.54 Å². The van der Waals surface area contributed by atoms with E-state index in [1.54, 1.807) is 35.8 Å². The van der Waals surface area contributed by atoms with E-state index in [0.717, 1.165) is 4.57 Å². The van der Waals surface area contributed by atoms with Crippen LogP contribution < -0.4 is 16.7 Å². The van der Waals surface area contributed by atoms with E-state index in [4.69, 9.17) is 0 Å². The largest absolute Gasteiger partial charge is 0.494 e. The highest BCUT2D eigenvalue weighted by Gasteiger charge is 2.25. The van der Waals surface area contributed by atoms with Gasteiger partial charge in [0.15, 0.2) is 23.3 Å². The molecule has 0 spiro atoms. The summed E-state index contributed by atoms with van der Waals surface area (Å²) in [5.74, 6) is -11.9. The third-order valence-corrected chi connectivity index (χ3v) is 3.97. The van der Waals surface area contributed by atoms with Crippen LogP contribution in [0.1, 0.15) is 11.1 Å². The molecule has 0 aliphatic carbocycles. The number of H-pyrrole nitrogens is 1. The fraction of sp³-hybridized carbons (Fsp3) is 0.0556. The maximum absolute atomic E-state index is 13.6. The van der Waals surface area contributed by atoms with Crippen molar-refractivity contribution >= 4 is 11.9 Å². The van der Waals surface area contributed by atoms with Crippen molar-refractivity contribution in [1.82, 2.24) is 9.55 Å². The minimum atomic E-state index is -2.35. The number of hydrogen-bond acceptors (Lipinski definition) is 5. The van der Waals surface area contributed by atoms with Crippen LogP contribution in [0.15, 0.2) is 45.0 Å². The summed E-state index contributed by atoms with van der Waals surface area (Å²) < 4.78 is 67.5. The number of halogens is 5. The maximum Gasteiger partial charge on any atom is 0.331 e. The van der Waals surface area contributed by atoms with Gasteiger partial charge in [0, 0.05) is 0 Å². The molecule has 3 N–H and O–H groups in total. The number of hydrogen-bond donors (Lipinski definition) is 3. The quantitative estimate of drug-likeness (QED) is 0.192. The van der Waals surface area contributed by atoms with Gasteiger partial charge in [-0.15, -0.1) is 0 Å². The molecule has 1 heterocycles. The van der Waals surface area contributed by atoms with Crippen molar-refractivity contribution in [3.8, 4) is 5.88 Å². The Morgan fingerprint density at radius 2 is 1.53 bits per heavy atom. The molecule has 30 heavy (non-hydrogen) atoms. The van der Waals surface area contributed by atoms with Crippen LogP contribution in [-0.2, 0) is 6.54 Å². The van der Waals surface area contributed by atoms with Gasteiger partial charge in [0.1, 0.15) is 11.3 Å². The number of hydrazone groups is 1. The van der Waals surface area contributed by atoms with Gasteiger partial charge in [0.2, 0.25) is 11.7 Å². The van der Waals surface area contributed by atoms with Gasteiger partial charge in [-0.1, -0.05) is 30.3 Å². The van der Waals surface area contributed by atoms with Crippen LogP contribution in [0, 0.1) is 29.1 Å². The number of benzene rings is 2. The second-order valence-electron chi connectivity index (χ2n) is 5.88. The molecule has 1 aromatic heterocycles. The average molecular weight is 426 g/mol. The lowest BCUT2D eigenvalue weighted by Crippen LogP contribution is -2.32. The third kappa shape index (κ3) is 3.79. The molecule has 0 atom stereocenters. The molecule has 0 saturated heterocycles. The molecule has 0 amide bonds. The fourth-order valence-electron chi connectivity index (χ4n) is 2.47. The Labute approximate surface area is 163 Å². The Bertz CT molecular complexity index is 1230. The third-order valence-electron chi connectivity index (χ3n) is 3.97. The van der Waals surface area contributed by atoms with Gasteiger partial charge in [0.05, 0.1) is 12.8 Å². The number of nitrogens with zero attached hydrogens (tertiary/aromatic N) is 2. The van der Waals surface area contributed by atoms with Gasteiger partial charge in [-0.3, -0.25) is 19.8 Å². The highest BCUT2D eigenvalue weighted by Crippen LogP contribution is 2.27. The van der Waals surface area contributed by atoms with Crippen LogP contribution >= 0.6 is 0 Å². The Morgan fingerprint density at radius 3 is 2.13 bits per heavy atom. The monoisotopic (exact) mass is 426 g/mol. The van der Waals surface area contributed by atoms with E-state index in [0.29, 0.717) is 11.8 Å². The molecular weight excluding hydrogens is 415 g/mol. The summed E-state index contributed by atoms with van der Waals surface area (Å²) in [6.07, 6.45) is 0.563. The van der Waals surface area contributed by atoms with Crippen LogP contribution in [0.25, 0.3) is 0 Å². The first kappa shape index (κ1) is 20.8. The first-order valence-corrected chi connectivity index (χ1v) is 8.12. The van der Waals surface area contributed by atoms with Gasteiger partial charge in [0.25, 0.3) is 5.56 Å². The van der Waals surface area contributed by atoms with Crippen LogP contribution in [0.5, 0.6) is 5.88 Å². The van der Waals surface area contributed by atoms with Crippen molar-refractivity contribution in [2.75, 3.05) is 5.43 Å². The highest BCUT2D eigenvalue weighted by molar-refractivity contribution is 5.82. The van der Waals surface area contributed by atoms with E-state index >= 15 is 0 Å². The lowest BCUT2D eigenvalue weighted by atomic mass is 10.2. The van der Waals surface area contributed by atoms with Crippen molar-refractivity contribution in [3.63, 3.8) is 0 Å². The minimum absolute atomic E-state index is 0.131. The number of nitrogens with one attached hydrogen (secondary N) is 2. The zero-order valence-electron chi connectivity index (χ0n) is 14.7. The molecule has 7 nitrogen and oxygen atoms in total. The lowest BCUT2D eigenvalue weighted by Gasteiger charge is -2.10. The highest BCUT2D eigenvalue weighted by atomic mass is 19.2. The zero-order chi connectivity index (χ0) is 22.0. The molecule has 0 radical (unpaired) electrons. The van der Waals surface area contributed by atoms with Crippen LogP contribution in [0.4, 0.5) is 27.6 Å². The number of anilines is 1. The zero-order valence-corrected chi connectivity index (χ0v) is 14.7.